The van der Waals surface area contributed by atoms with Crippen molar-refractivity contribution in [3.63, 3.8) is 0 Å². The lowest BCUT2D eigenvalue weighted by Gasteiger charge is -2.38. The summed E-state index contributed by atoms with van der Waals surface area (Å²) in [6.45, 7) is 2.61. The van der Waals surface area contributed by atoms with Crippen molar-refractivity contribution in [2.45, 2.75) is 69.7 Å². The van der Waals surface area contributed by atoms with Crippen LogP contribution in [0.4, 0.5) is 5.69 Å². The van der Waals surface area contributed by atoms with Crippen molar-refractivity contribution in [3.8, 4) is 0 Å². The fourth-order valence-electron chi connectivity index (χ4n) is 4.90. The van der Waals surface area contributed by atoms with Crippen LogP contribution in [0.2, 0.25) is 5.02 Å². The molecule has 0 amide bonds. The lowest BCUT2D eigenvalue weighted by molar-refractivity contribution is 0.267. The summed E-state index contributed by atoms with van der Waals surface area (Å²) in [6, 6.07) is 17.3. The van der Waals surface area contributed by atoms with Gasteiger partial charge in [-0.2, -0.15) is 0 Å². The van der Waals surface area contributed by atoms with E-state index in [2.05, 4.69) is 51.6 Å². The molecular formula is C26H37ClN2O3P+. The van der Waals surface area contributed by atoms with Gasteiger partial charge in [-0.1, -0.05) is 73.7 Å². The predicted octanol–water partition coefficient (Wildman–Crippen LogP) is 6.97. The van der Waals surface area contributed by atoms with Crippen LogP contribution in [-0.2, 0) is 21.0 Å². The first-order valence-corrected chi connectivity index (χ1v) is 13.7. The number of nitrogens with one attached hydrogen (secondary N) is 2. The summed E-state index contributed by atoms with van der Waals surface area (Å²) in [5.74, 6) is 0. The Morgan fingerprint density at radius 1 is 1.00 bits per heavy atom. The van der Waals surface area contributed by atoms with Crippen molar-refractivity contribution in [2.24, 2.45) is 0 Å². The summed E-state index contributed by atoms with van der Waals surface area (Å²) in [4.78, 5) is 8.60. The molecule has 1 aliphatic rings. The van der Waals surface area contributed by atoms with Gasteiger partial charge >= 0.3 is 8.25 Å². The molecule has 1 unspecified atom stereocenters. The number of unbranched alkanes of at least 4 members (excludes halogenated alkanes) is 1. The fourth-order valence-corrected chi connectivity index (χ4v) is 5.45. The number of anilines is 1. The van der Waals surface area contributed by atoms with Crippen molar-refractivity contribution in [3.05, 3.63) is 64.7 Å². The molecule has 2 aromatic rings. The zero-order chi connectivity index (χ0) is 23.4. The van der Waals surface area contributed by atoms with Gasteiger partial charge < -0.3 is 10.6 Å². The van der Waals surface area contributed by atoms with Crippen molar-refractivity contribution >= 4 is 25.5 Å². The lowest BCUT2D eigenvalue weighted by atomic mass is 9.67. The highest BCUT2D eigenvalue weighted by atomic mass is 35.5. The summed E-state index contributed by atoms with van der Waals surface area (Å²) in [5, 5.41) is 7.54. The second-order valence-electron chi connectivity index (χ2n) is 9.01. The van der Waals surface area contributed by atoms with Gasteiger partial charge in [-0.3, -0.25) is 0 Å². The van der Waals surface area contributed by atoms with E-state index in [-0.39, 0.29) is 6.61 Å². The van der Waals surface area contributed by atoms with Gasteiger partial charge in [0.05, 0.1) is 10.7 Å². The molecule has 180 valence electrons. The zero-order valence-electron chi connectivity index (χ0n) is 19.4. The van der Waals surface area contributed by atoms with E-state index in [9.17, 15) is 4.57 Å². The predicted molar refractivity (Wildman–Crippen MR) is 137 cm³/mol. The molecule has 7 heteroatoms. The number of rotatable bonds is 14. The minimum absolute atomic E-state index is 0.273. The first-order chi connectivity index (χ1) is 16.1. The third kappa shape index (κ3) is 8.66. The summed E-state index contributed by atoms with van der Waals surface area (Å²) < 4.78 is 15.1. The summed E-state index contributed by atoms with van der Waals surface area (Å²) >= 11 is 6.49. The molecule has 0 aromatic heterocycles. The number of hydrogen-bond donors (Lipinski definition) is 3. The topological polar surface area (TPSA) is 70.6 Å². The number of benzene rings is 2. The fraction of sp³-hybridized carbons (Fsp3) is 0.538. The maximum Gasteiger partial charge on any atom is 0.694 e. The number of halogens is 1. The minimum atomic E-state index is -2.50. The van der Waals surface area contributed by atoms with E-state index in [1.807, 2.05) is 12.1 Å². The molecule has 1 fully saturated rings. The van der Waals surface area contributed by atoms with Crippen LogP contribution in [0.3, 0.4) is 0 Å². The van der Waals surface area contributed by atoms with Gasteiger partial charge in [0.15, 0.2) is 0 Å². The van der Waals surface area contributed by atoms with E-state index in [4.69, 9.17) is 16.5 Å². The van der Waals surface area contributed by atoms with Gasteiger partial charge in [0.2, 0.25) is 0 Å². The summed E-state index contributed by atoms with van der Waals surface area (Å²) in [7, 11) is -2.50. The molecule has 2 aromatic carbocycles. The Balaban J connectivity index is 1.38. The van der Waals surface area contributed by atoms with Crippen molar-refractivity contribution < 1.29 is 14.0 Å². The van der Waals surface area contributed by atoms with Crippen LogP contribution in [0.1, 0.15) is 68.9 Å². The van der Waals surface area contributed by atoms with E-state index in [0.29, 0.717) is 24.9 Å². The Morgan fingerprint density at radius 2 is 1.79 bits per heavy atom. The highest BCUT2D eigenvalue weighted by Gasteiger charge is 2.32. The molecule has 0 radical (unpaired) electrons. The van der Waals surface area contributed by atoms with Gasteiger partial charge in [0, 0.05) is 17.7 Å². The maximum atomic E-state index is 10.5. The molecule has 3 N–H and O–H groups in total. The zero-order valence-corrected chi connectivity index (χ0v) is 21.1. The standard InChI is InChI=1S/C26H36ClN2O3P/c27-24-20-22(21-28-17-9-19-32-33(30)31)12-13-25(24)29-18-8-7-16-26(14-5-2-6-15-26)23-10-3-1-4-11-23/h1,3-4,10-13,20,28-29H,2,5-9,14-19,21H2/p+1. The molecule has 5 nitrogen and oxygen atoms in total. The molecule has 1 atom stereocenters. The second-order valence-corrected chi connectivity index (χ2v) is 10.1. The molecule has 0 bridgehead atoms. The average molecular weight is 492 g/mol. The van der Waals surface area contributed by atoms with Gasteiger partial charge in [-0.25, -0.2) is 0 Å². The Kier molecular flexibility index (Phi) is 11.1. The first kappa shape index (κ1) is 26.1. The number of hydrogen-bond acceptors (Lipinski definition) is 4. The Hall–Kier alpha value is -1.49. The highest BCUT2D eigenvalue weighted by molar-refractivity contribution is 7.32. The highest BCUT2D eigenvalue weighted by Crippen LogP contribution is 2.43. The van der Waals surface area contributed by atoms with E-state index in [1.54, 1.807) is 0 Å². The quantitative estimate of drug-likeness (QED) is 0.196. The molecule has 33 heavy (non-hydrogen) atoms. The van der Waals surface area contributed by atoms with Crippen molar-refractivity contribution in [1.82, 2.24) is 5.32 Å². The molecule has 1 aliphatic carbocycles. The van der Waals surface area contributed by atoms with Gasteiger partial charge in [0.1, 0.15) is 6.61 Å². The van der Waals surface area contributed by atoms with Crippen molar-refractivity contribution in [1.29, 1.82) is 0 Å². The van der Waals surface area contributed by atoms with E-state index in [0.717, 1.165) is 29.2 Å². The molecule has 0 aliphatic heterocycles. The van der Waals surface area contributed by atoms with E-state index in [1.165, 1.54) is 50.5 Å². The van der Waals surface area contributed by atoms with E-state index >= 15 is 0 Å². The average Bonchev–Trinajstić information content (AvgIpc) is 2.83. The smallest absolute Gasteiger partial charge is 0.384 e. The first-order valence-electron chi connectivity index (χ1n) is 12.2. The monoisotopic (exact) mass is 491 g/mol. The summed E-state index contributed by atoms with van der Waals surface area (Å²) in [5.41, 5.74) is 3.99. The molecule has 0 spiro atoms. The molecular weight excluding hydrogens is 455 g/mol. The van der Waals surface area contributed by atoms with Crippen LogP contribution in [0.15, 0.2) is 48.5 Å². The summed E-state index contributed by atoms with van der Waals surface area (Å²) in [6.07, 6.45) is 11.0. The normalized spacial score (nSPS) is 15.9. The largest absolute Gasteiger partial charge is 0.694 e. The Bertz CT molecular complexity index is 860. The lowest BCUT2D eigenvalue weighted by Crippen LogP contribution is -2.29. The molecule has 3 rings (SSSR count). The molecule has 0 heterocycles. The van der Waals surface area contributed by atoms with Gasteiger partial charge in [-0.15, -0.1) is 9.42 Å². The van der Waals surface area contributed by atoms with Crippen LogP contribution >= 0.6 is 19.9 Å². The van der Waals surface area contributed by atoms with Crippen LogP contribution < -0.4 is 10.6 Å². The maximum absolute atomic E-state index is 10.5. The van der Waals surface area contributed by atoms with Crippen LogP contribution in [-0.4, -0.2) is 24.6 Å². The van der Waals surface area contributed by atoms with Gasteiger partial charge in [-0.05, 0) is 67.3 Å². The third-order valence-electron chi connectivity index (χ3n) is 6.66. The minimum Gasteiger partial charge on any atom is -0.384 e. The van der Waals surface area contributed by atoms with Crippen LogP contribution in [0, 0.1) is 0 Å². The third-order valence-corrected chi connectivity index (χ3v) is 7.37. The second kappa shape index (κ2) is 14.0. The molecule has 0 saturated heterocycles. The van der Waals surface area contributed by atoms with E-state index < -0.39 is 8.25 Å². The Labute approximate surface area is 204 Å². The van der Waals surface area contributed by atoms with Gasteiger partial charge in [0.25, 0.3) is 0 Å². The van der Waals surface area contributed by atoms with Crippen LogP contribution in [0.5, 0.6) is 0 Å². The van der Waals surface area contributed by atoms with Crippen molar-refractivity contribution in [2.75, 3.05) is 25.0 Å². The molecule has 1 saturated carbocycles. The Morgan fingerprint density at radius 3 is 2.52 bits per heavy atom. The van der Waals surface area contributed by atoms with Crippen LogP contribution in [0.25, 0.3) is 0 Å². The SMILES string of the molecule is O=[P+](O)OCCCNCc1ccc(NCCCCC2(c3ccccc3)CCCCC2)c(Cl)c1.